The van der Waals surface area contributed by atoms with Crippen molar-refractivity contribution >= 4 is 40.6 Å². The van der Waals surface area contributed by atoms with Crippen molar-refractivity contribution in [3.05, 3.63) is 90.3 Å². The summed E-state index contributed by atoms with van der Waals surface area (Å²) in [5.41, 5.74) is 1.09. The van der Waals surface area contributed by atoms with E-state index in [1.165, 1.54) is 6.20 Å². The SMILES string of the molecule is CC(C)(C)OC(=O)N(C(=O)OC(C)(C)C)c1nccc2cc(NCc3ccc(OCC4CCN(C(=O)OCc5ccccc5)CC4)nc3)ccc12.[HH]. The van der Waals surface area contributed by atoms with Gasteiger partial charge in [-0.2, -0.15) is 4.90 Å². The summed E-state index contributed by atoms with van der Waals surface area (Å²) in [6.45, 7) is 12.9. The van der Waals surface area contributed by atoms with Crippen molar-refractivity contribution in [2.75, 3.05) is 29.9 Å². The van der Waals surface area contributed by atoms with Gasteiger partial charge in [0.25, 0.3) is 0 Å². The molecule has 0 aliphatic carbocycles. The Morgan fingerprint density at radius 2 is 1.55 bits per heavy atom. The fourth-order valence-electron chi connectivity index (χ4n) is 5.41. The second-order valence-corrected chi connectivity index (χ2v) is 14.5. The van der Waals surface area contributed by atoms with E-state index in [0.717, 1.165) is 39.9 Å². The molecule has 1 fully saturated rings. The van der Waals surface area contributed by atoms with Crippen LogP contribution in [0.1, 0.15) is 66.9 Å². The molecule has 1 aliphatic rings. The van der Waals surface area contributed by atoms with Crippen LogP contribution in [0.25, 0.3) is 10.8 Å². The second-order valence-electron chi connectivity index (χ2n) is 14.5. The van der Waals surface area contributed by atoms with Gasteiger partial charge in [-0.25, -0.2) is 24.4 Å². The van der Waals surface area contributed by atoms with Crippen LogP contribution in [0.4, 0.5) is 25.9 Å². The molecule has 0 bridgehead atoms. The molecule has 3 amide bonds. The molecule has 0 atom stereocenters. The number of carbonyl (C=O) groups is 3. The predicted octanol–water partition coefficient (Wildman–Crippen LogP) is 8.59. The van der Waals surface area contributed by atoms with E-state index in [1.807, 2.05) is 60.7 Å². The number of likely N-dealkylation sites (tertiary alicyclic amines) is 1. The number of rotatable bonds is 9. The fourth-order valence-corrected chi connectivity index (χ4v) is 5.41. The molecule has 3 heterocycles. The number of pyridine rings is 2. The molecule has 2 aromatic heterocycles. The first kappa shape index (κ1) is 36.9. The highest BCUT2D eigenvalue weighted by atomic mass is 16.6. The summed E-state index contributed by atoms with van der Waals surface area (Å²) in [5, 5.41) is 4.75. The van der Waals surface area contributed by atoms with Gasteiger partial charge in [0.15, 0.2) is 5.82 Å². The van der Waals surface area contributed by atoms with E-state index < -0.39 is 23.4 Å². The lowest BCUT2D eigenvalue weighted by Crippen LogP contribution is -2.44. The molecule has 12 heteroatoms. The summed E-state index contributed by atoms with van der Waals surface area (Å²) in [4.78, 5) is 50.4. The Bertz CT molecular complexity index is 1770. The molecule has 0 radical (unpaired) electrons. The maximum Gasteiger partial charge on any atom is 0.425 e. The van der Waals surface area contributed by atoms with Crippen LogP contribution in [0, 0.1) is 5.92 Å². The molecule has 4 aromatic rings. The Kier molecular flexibility index (Phi) is 11.6. The molecule has 12 nitrogen and oxygen atoms in total. The fraction of sp³-hybridized carbons (Fsp3) is 0.410. The highest BCUT2D eigenvalue weighted by Gasteiger charge is 2.34. The summed E-state index contributed by atoms with van der Waals surface area (Å²) in [6, 6.07) is 20.9. The molecule has 0 saturated carbocycles. The van der Waals surface area contributed by atoms with Crippen molar-refractivity contribution in [2.24, 2.45) is 5.92 Å². The zero-order valence-electron chi connectivity index (χ0n) is 30.2. The lowest BCUT2D eigenvalue weighted by Gasteiger charge is -2.31. The van der Waals surface area contributed by atoms with Crippen molar-refractivity contribution in [3.63, 3.8) is 0 Å². The van der Waals surface area contributed by atoms with Crippen molar-refractivity contribution in [1.82, 2.24) is 14.9 Å². The van der Waals surface area contributed by atoms with E-state index in [4.69, 9.17) is 18.9 Å². The number of nitrogens with zero attached hydrogens (tertiary/aromatic N) is 4. The van der Waals surface area contributed by atoms with Crippen LogP contribution in [0.5, 0.6) is 5.88 Å². The number of ether oxygens (including phenoxy) is 4. The monoisotopic (exact) mass is 699 g/mol. The Morgan fingerprint density at radius 1 is 0.863 bits per heavy atom. The highest BCUT2D eigenvalue weighted by molar-refractivity contribution is 6.14. The number of hydrogen-bond donors (Lipinski definition) is 1. The predicted molar refractivity (Wildman–Crippen MR) is 197 cm³/mol. The lowest BCUT2D eigenvalue weighted by molar-refractivity contribution is 0.0429. The maximum absolute atomic E-state index is 13.2. The van der Waals surface area contributed by atoms with E-state index in [2.05, 4.69) is 15.3 Å². The Labute approximate surface area is 300 Å². The van der Waals surface area contributed by atoms with Gasteiger partial charge in [0, 0.05) is 50.6 Å². The van der Waals surface area contributed by atoms with Crippen LogP contribution < -0.4 is 15.0 Å². The zero-order valence-corrected chi connectivity index (χ0v) is 30.2. The van der Waals surface area contributed by atoms with E-state index in [9.17, 15) is 14.4 Å². The first-order valence-electron chi connectivity index (χ1n) is 17.2. The third-order valence-corrected chi connectivity index (χ3v) is 7.95. The van der Waals surface area contributed by atoms with E-state index >= 15 is 0 Å². The van der Waals surface area contributed by atoms with Gasteiger partial charge in [0.05, 0.1) is 6.61 Å². The van der Waals surface area contributed by atoms with Gasteiger partial charge < -0.3 is 29.2 Å². The van der Waals surface area contributed by atoms with Crippen LogP contribution in [0.2, 0.25) is 0 Å². The number of amides is 3. The topological polar surface area (TPSA) is 132 Å². The zero-order chi connectivity index (χ0) is 36.6. The molecule has 0 unspecified atom stereocenters. The van der Waals surface area contributed by atoms with Crippen LogP contribution >= 0.6 is 0 Å². The lowest BCUT2D eigenvalue weighted by atomic mass is 9.98. The normalized spacial score (nSPS) is 13.7. The maximum atomic E-state index is 13.2. The molecule has 51 heavy (non-hydrogen) atoms. The molecule has 2 aromatic carbocycles. The molecule has 1 N–H and O–H groups in total. The number of aromatic nitrogens is 2. The van der Waals surface area contributed by atoms with Gasteiger partial charge in [-0.05, 0) is 101 Å². The Balaban J connectivity index is 0.00000605. The summed E-state index contributed by atoms with van der Waals surface area (Å²) in [7, 11) is 0. The number of carbonyl (C=O) groups excluding carboxylic acids is 3. The third kappa shape index (κ3) is 10.8. The number of benzene rings is 2. The molecule has 0 spiro atoms. The minimum absolute atomic E-state index is 0. The summed E-state index contributed by atoms with van der Waals surface area (Å²) in [5.74, 6) is 0.998. The van der Waals surface area contributed by atoms with Gasteiger partial charge in [0.1, 0.15) is 17.8 Å². The number of nitrogens with one attached hydrogen (secondary N) is 1. The number of piperidine rings is 1. The van der Waals surface area contributed by atoms with Gasteiger partial charge in [-0.15, -0.1) is 0 Å². The van der Waals surface area contributed by atoms with Crippen LogP contribution in [-0.4, -0.2) is 64.0 Å². The molecule has 1 saturated heterocycles. The Hall–Kier alpha value is -5.39. The summed E-state index contributed by atoms with van der Waals surface area (Å²) in [6.07, 6.45) is 2.96. The first-order chi connectivity index (χ1) is 24.2. The van der Waals surface area contributed by atoms with Gasteiger partial charge in [-0.1, -0.05) is 36.4 Å². The number of hydrogen-bond acceptors (Lipinski definition) is 10. The van der Waals surface area contributed by atoms with Gasteiger partial charge in [-0.3, -0.25) is 0 Å². The quantitative estimate of drug-likeness (QED) is 0.169. The second kappa shape index (κ2) is 16.1. The largest absolute Gasteiger partial charge is 0.477 e. The number of anilines is 2. The van der Waals surface area contributed by atoms with Crippen LogP contribution in [-0.2, 0) is 27.4 Å². The number of imide groups is 1. The average Bonchev–Trinajstić information content (AvgIpc) is 3.08. The van der Waals surface area contributed by atoms with Crippen LogP contribution in [0.3, 0.4) is 0 Å². The summed E-state index contributed by atoms with van der Waals surface area (Å²) < 4.78 is 22.5. The van der Waals surface area contributed by atoms with Crippen molar-refractivity contribution in [3.8, 4) is 5.88 Å². The van der Waals surface area contributed by atoms with Gasteiger partial charge in [0.2, 0.25) is 5.88 Å². The number of fused-ring (bicyclic) bond motifs is 1. The Morgan fingerprint density at radius 3 is 2.18 bits per heavy atom. The molecule has 272 valence electrons. The molecule has 1 aliphatic heterocycles. The molecule has 5 rings (SSSR count). The van der Waals surface area contributed by atoms with E-state index in [1.54, 1.807) is 58.7 Å². The molecular weight excluding hydrogens is 650 g/mol. The summed E-state index contributed by atoms with van der Waals surface area (Å²) >= 11 is 0. The minimum atomic E-state index is -0.874. The van der Waals surface area contributed by atoms with Crippen LogP contribution in [0.15, 0.2) is 79.1 Å². The van der Waals surface area contributed by atoms with Gasteiger partial charge >= 0.3 is 18.3 Å². The van der Waals surface area contributed by atoms with Crippen molar-refractivity contribution < 1.29 is 34.8 Å². The smallest absolute Gasteiger partial charge is 0.425 e. The average molecular weight is 700 g/mol. The highest BCUT2D eigenvalue weighted by Crippen LogP contribution is 2.30. The molecular formula is C39H49N5O7. The van der Waals surface area contributed by atoms with E-state index in [-0.39, 0.29) is 19.9 Å². The van der Waals surface area contributed by atoms with Crippen molar-refractivity contribution in [1.29, 1.82) is 0 Å². The third-order valence-electron chi connectivity index (χ3n) is 7.95. The standard InChI is InChI=1S/C39H47N5O7.H2/c1-38(2,3)50-36(46)44(37(47)51-39(4,5)6)34-32-14-13-31(22-30(32)16-19-40-34)41-23-29-12-15-33(42-24-29)48-25-28-17-20-43(21-18-28)35(45)49-26-27-10-8-7-9-11-27;/h7-16,19,22,24,28,41H,17-18,20-21,23,25-26H2,1-6H3;1H. The first-order valence-corrected chi connectivity index (χ1v) is 17.2. The minimum Gasteiger partial charge on any atom is -0.477 e. The van der Waals surface area contributed by atoms with E-state index in [0.29, 0.717) is 43.4 Å². The van der Waals surface area contributed by atoms with Crippen molar-refractivity contribution in [2.45, 2.75) is 78.7 Å².